The van der Waals surface area contributed by atoms with Gasteiger partial charge in [0.15, 0.2) is 0 Å². The molecule has 0 atom stereocenters. The van der Waals surface area contributed by atoms with Gasteiger partial charge in [0, 0.05) is 17.3 Å². The van der Waals surface area contributed by atoms with E-state index in [4.69, 9.17) is 4.74 Å². The first kappa shape index (κ1) is 15.7. The second kappa shape index (κ2) is 6.38. The lowest BCUT2D eigenvalue weighted by Crippen LogP contribution is -2.17. The molecule has 2 aromatic carbocycles. The zero-order valence-corrected chi connectivity index (χ0v) is 11.5. The van der Waals surface area contributed by atoms with Crippen molar-refractivity contribution >= 4 is 11.6 Å². The van der Waals surface area contributed by atoms with Crippen molar-refractivity contribution in [1.29, 1.82) is 0 Å². The Balaban J connectivity index is 2.13. The maximum absolute atomic E-state index is 12.2. The molecule has 0 aromatic heterocycles. The van der Waals surface area contributed by atoms with Crippen LogP contribution in [-0.2, 0) is 0 Å². The number of nitrogens with one attached hydrogen (secondary N) is 1. The third kappa shape index (κ3) is 4.41. The van der Waals surface area contributed by atoms with Crippen molar-refractivity contribution in [2.45, 2.75) is 6.36 Å². The molecule has 2 rings (SSSR count). The number of alkyl halides is 3. The van der Waals surface area contributed by atoms with Gasteiger partial charge in [0.2, 0.25) is 0 Å². The van der Waals surface area contributed by atoms with Gasteiger partial charge in [0.25, 0.3) is 5.91 Å². The number of carbonyl (C=O) groups excluding carboxylic acids is 1. The maximum Gasteiger partial charge on any atom is 0.573 e. The average Bonchev–Trinajstić information content (AvgIpc) is 2.46. The first-order valence-corrected chi connectivity index (χ1v) is 6.18. The number of hydrogen-bond donors (Lipinski definition) is 1. The predicted molar refractivity (Wildman–Crippen MR) is 74.1 cm³/mol. The molecule has 0 spiro atoms. The van der Waals surface area contributed by atoms with E-state index in [1.165, 1.54) is 25.3 Å². The number of ether oxygens (including phenoxy) is 2. The quantitative estimate of drug-likeness (QED) is 0.933. The molecule has 0 bridgehead atoms. The van der Waals surface area contributed by atoms with Crippen molar-refractivity contribution < 1.29 is 27.4 Å². The van der Waals surface area contributed by atoms with E-state index in [0.29, 0.717) is 11.3 Å². The van der Waals surface area contributed by atoms with Gasteiger partial charge in [-0.05, 0) is 30.3 Å². The van der Waals surface area contributed by atoms with E-state index in [-0.39, 0.29) is 5.69 Å². The second-order valence-corrected chi connectivity index (χ2v) is 4.26. The van der Waals surface area contributed by atoms with E-state index in [9.17, 15) is 18.0 Å². The molecule has 0 saturated heterocycles. The minimum absolute atomic E-state index is 0.189. The van der Waals surface area contributed by atoms with E-state index in [1.54, 1.807) is 18.2 Å². The van der Waals surface area contributed by atoms with Gasteiger partial charge in [-0.25, -0.2) is 0 Å². The number of halogens is 3. The Kier molecular flexibility index (Phi) is 4.55. The maximum atomic E-state index is 12.2. The topological polar surface area (TPSA) is 47.6 Å². The van der Waals surface area contributed by atoms with Gasteiger partial charge in [-0.3, -0.25) is 4.79 Å². The fourth-order valence-electron chi connectivity index (χ4n) is 1.74. The van der Waals surface area contributed by atoms with Crippen LogP contribution >= 0.6 is 0 Å². The Labute approximate surface area is 124 Å². The average molecular weight is 311 g/mol. The Morgan fingerprint density at radius 1 is 1.05 bits per heavy atom. The molecule has 0 aliphatic carbocycles. The summed E-state index contributed by atoms with van der Waals surface area (Å²) in [7, 11) is 1.47. The normalized spacial score (nSPS) is 10.9. The fourth-order valence-corrected chi connectivity index (χ4v) is 1.74. The van der Waals surface area contributed by atoms with Crippen LogP contribution in [0, 0.1) is 0 Å². The molecule has 2 aromatic rings. The molecule has 0 fully saturated rings. The Bertz CT molecular complexity index is 671. The molecular weight excluding hydrogens is 299 g/mol. The lowest BCUT2D eigenvalue weighted by molar-refractivity contribution is -0.274. The van der Waals surface area contributed by atoms with Crippen molar-refractivity contribution in [3.63, 3.8) is 0 Å². The van der Waals surface area contributed by atoms with Gasteiger partial charge in [0.1, 0.15) is 11.5 Å². The van der Waals surface area contributed by atoms with E-state index < -0.39 is 18.0 Å². The minimum Gasteiger partial charge on any atom is -0.497 e. The summed E-state index contributed by atoms with van der Waals surface area (Å²) in [6.07, 6.45) is -4.78. The molecule has 0 unspecified atom stereocenters. The van der Waals surface area contributed by atoms with Gasteiger partial charge in [-0.2, -0.15) is 0 Å². The molecule has 0 aliphatic heterocycles. The van der Waals surface area contributed by atoms with Crippen molar-refractivity contribution in [2.75, 3.05) is 12.4 Å². The van der Waals surface area contributed by atoms with Gasteiger partial charge in [-0.15, -0.1) is 13.2 Å². The molecule has 4 nitrogen and oxygen atoms in total. The molecule has 1 N–H and O–H groups in total. The molecule has 0 heterocycles. The van der Waals surface area contributed by atoms with Gasteiger partial charge in [0.05, 0.1) is 7.11 Å². The molecule has 7 heteroatoms. The zero-order valence-electron chi connectivity index (χ0n) is 11.5. The van der Waals surface area contributed by atoms with Gasteiger partial charge >= 0.3 is 6.36 Å². The highest BCUT2D eigenvalue weighted by Gasteiger charge is 2.31. The monoisotopic (exact) mass is 311 g/mol. The van der Waals surface area contributed by atoms with Crippen LogP contribution in [0.25, 0.3) is 0 Å². The second-order valence-electron chi connectivity index (χ2n) is 4.26. The third-order valence-corrected chi connectivity index (χ3v) is 2.66. The van der Waals surface area contributed by atoms with Gasteiger partial charge in [-0.1, -0.05) is 12.1 Å². The molecular formula is C15H12F3NO3. The summed E-state index contributed by atoms with van der Waals surface area (Å²) in [4.78, 5) is 12.0. The summed E-state index contributed by atoms with van der Waals surface area (Å²) >= 11 is 0. The van der Waals surface area contributed by atoms with Crippen LogP contribution in [0.5, 0.6) is 11.5 Å². The SMILES string of the molecule is COc1cccc(C(=O)Nc2cccc(OC(F)(F)F)c2)c1. The smallest absolute Gasteiger partial charge is 0.497 e. The van der Waals surface area contributed by atoms with Crippen LogP contribution in [0.15, 0.2) is 48.5 Å². The van der Waals surface area contributed by atoms with Crippen LogP contribution in [0.4, 0.5) is 18.9 Å². The van der Waals surface area contributed by atoms with Crippen molar-refractivity contribution in [1.82, 2.24) is 0 Å². The molecule has 0 aliphatic rings. The Morgan fingerprint density at radius 3 is 2.41 bits per heavy atom. The van der Waals surface area contributed by atoms with E-state index in [2.05, 4.69) is 10.1 Å². The summed E-state index contributed by atoms with van der Waals surface area (Å²) < 4.78 is 45.3. The highest BCUT2D eigenvalue weighted by atomic mass is 19.4. The lowest BCUT2D eigenvalue weighted by atomic mass is 10.2. The molecule has 0 radical (unpaired) electrons. The number of benzene rings is 2. The first-order chi connectivity index (χ1) is 10.4. The first-order valence-electron chi connectivity index (χ1n) is 6.18. The van der Waals surface area contributed by atoms with Crippen LogP contribution in [-0.4, -0.2) is 19.4 Å². The molecule has 22 heavy (non-hydrogen) atoms. The fraction of sp³-hybridized carbons (Fsp3) is 0.133. The Morgan fingerprint density at radius 2 is 1.73 bits per heavy atom. The Hall–Kier alpha value is -2.70. The highest BCUT2D eigenvalue weighted by Crippen LogP contribution is 2.25. The zero-order chi connectivity index (χ0) is 16.2. The summed E-state index contributed by atoms with van der Waals surface area (Å²) in [5.41, 5.74) is 0.510. The molecule has 1 amide bonds. The molecule has 0 saturated carbocycles. The van der Waals surface area contributed by atoms with Crippen molar-refractivity contribution in [3.8, 4) is 11.5 Å². The van der Waals surface area contributed by atoms with Gasteiger partial charge < -0.3 is 14.8 Å². The van der Waals surface area contributed by atoms with E-state index in [0.717, 1.165) is 12.1 Å². The largest absolute Gasteiger partial charge is 0.573 e. The van der Waals surface area contributed by atoms with Crippen LogP contribution < -0.4 is 14.8 Å². The summed E-state index contributed by atoms with van der Waals surface area (Å²) in [5, 5.41) is 2.49. The third-order valence-electron chi connectivity index (χ3n) is 2.66. The summed E-state index contributed by atoms with van der Waals surface area (Å²) in [5.74, 6) is -0.374. The standard InChI is InChI=1S/C15H12F3NO3/c1-21-12-6-2-4-10(8-12)14(20)19-11-5-3-7-13(9-11)22-15(16,17)18/h2-9H,1H3,(H,19,20). The van der Waals surface area contributed by atoms with Crippen LogP contribution in [0.2, 0.25) is 0 Å². The summed E-state index contributed by atoms with van der Waals surface area (Å²) in [6.45, 7) is 0. The summed E-state index contributed by atoms with van der Waals surface area (Å²) in [6, 6.07) is 11.4. The number of amides is 1. The number of hydrogen-bond acceptors (Lipinski definition) is 3. The lowest BCUT2D eigenvalue weighted by Gasteiger charge is -2.11. The number of rotatable bonds is 4. The molecule has 116 valence electrons. The van der Waals surface area contributed by atoms with Crippen LogP contribution in [0.3, 0.4) is 0 Å². The minimum atomic E-state index is -4.78. The number of carbonyl (C=O) groups is 1. The van der Waals surface area contributed by atoms with Crippen molar-refractivity contribution in [3.05, 3.63) is 54.1 Å². The number of methoxy groups -OCH3 is 1. The number of anilines is 1. The van der Waals surface area contributed by atoms with E-state index >= 15 is 0 Å². The van der Waals surface area contributed by atoms with Crippen molar-refractivity contribution in [2.24, 2.45) is 0 Å². The van der Waals surface area contributed by atoms with Crippen LogP contribution in [0.1, 0.15) is 10.4 Å². The predicted octanol–water partition coefficient (Wildman–Crippen LogP) is 3.85. The van der Waals surface area contributed by atoms with E-state index in [1.807, 2.05) is 0 Å². The highest BCUT2D eigenvalue weighted by molar-refractivity contribution is 6.04.